The number of hydrogen-bond donors (Lipinski definition) is 1. The molecule has 3 atom stereocenters. The highest BCUT2D eigenvalue weighted by molar-refractivity contribution is 5.57. The summed E-state index contributed by atoms with van der Waals surface area (Å²) in [5, 5.41) is 4.01. The molecule has 0 aromatic rings. The molecule has 0 aliphatic carbocycles. The van der Waals surface area contributed by atoms with Crippen molar-refractivity contribution in [1.29, 1.82) is 0 Å². The first-order valence-corrected chi connectivity index (χ1v) is 20.7. The zero-order valence-electron chi connectivity index (χ0n) is 31.0. The van der Waals surface area contributed by atoms with Gasteiger partial charge in [0.25, 0.3) is 0 Å². The number of aliphatic imine (C=N–C) groups is 1. The molecule has 1 rings (SSSR count). The van der Waals surface area contributed by atoms with Crippen molar-refractivity contribution in [3.63, 3.8) is 0 Å². The third-order valence-electron chi connectivity index (χ3n) is 10.3. The van der Waals surface area contributed by atoms with E-state index < -0.39 is 0 Å². The van der Waals surface area contributed by atoms with Gasteiger partial charge in [-0.05, 0) is 32.1 Å². The Labute approximate surface area is 279 Å². The van der Waals surface area contributed by atoms with Crippen LogP contribution in [-0.2, 0) is 0 Å². The van der Waals surface area contributed by atoms with Crippen LogP contribution in [0.2, 0.25) is 0 Å². The standard InChI is InChI=1S/C41H83N3/c1-5-7-9-11-13-15-17-19-21-23-25-27-29-31-33-40(4)43-41(44-37-36-42-38-44)35-34-39(3)32-30-28-26-24-22-20-18-16-14-12-10-8-6-2/h38-41,43H,5-37H2,1-4H3/t39-,40?,41?/m0/s1. The Kier molecular flexibility index (Phi) is 30.5. The van der Waals surface area contributed by atoms with E-state index in [0.29, 0.717) is 12.2 Å². The van der Waals surface area contributed by atoms with Crippen molar-refractivity contribution in [2.45, 2.75) is 239 Å². The minimum atomic E-state index is 0.469. The van der Waals surface area contributed by atoms with Crippen molar-refractivity contribution in [3.05, 3.63) is 0 Å². The molecular formula is C41H83N3. The lowest BCUT2D eigenvalue weighted by Crippen LogP contribution is -2.48. The van der Waals surface area contributed by atoms with Crippen LogP contribution in [-0.4, -0.2) is 36.5 Å². The smallest absolute Gasteiger partial charge is 0.0863 e. The van der Waals surface area contributed by atoms with E-state index in [1.807, 2.05) is 0 Å². The Morgan fingerprint density at radius 3 is 1.27 bits per heavy atom. The van der Waals surface area contributed by atoms with Crippen LogP contribution in [0.25, 0.3) is 0 Å². The van der Waals surface area contributed by atoms with Gasteiger partial charge in [0.1, 0.15) is 0 Å². The Morgan fingerprint density at radius 1 is 0.500 bits per heavy atom. The molecule has 0 bridgehead atoms. The Balaban J connectivity index is 2.02. The van der Waals surface area contributed by atoms with Crippen LogP contribution in [0.5, 0.6) is 0 Å². The highest BCUT2D eigenvalue weighted by Crippen LogP contribution is 2.20. The second-order valence-electron chi connectivity index (χ2n) is 14.9. The van der Waals surface area contributed by atoms with Gasteiger partial charge in [-0.2, -0.15) is 0 Å². The Bertz CT molecular complexity index is 590. The van der Waals surface area contributed by atoms with Crippen molar-refractivity contribution >= 4 is 6.34 Å². The van der Waals surface area contributed by atoms with E-state index in [1.165, 1.54) is 199 Å². The van der Waals surface area contributed by atoms with Gasteiger partial charge in [-0.3, -0.25) is 10.3 Å². The van der Waals surface area contributed by atoms with Crippen LogP contribution in [0.3, 0.4) is 0 Å². The zero-order valence-corrected chi connectivity index (χ0v) is 31.0. The fraction of sp³-hybridized carbons (Fsp3) is 0.976. The van der Waals surface area contributed by atoms with Crippen molar-refractivity contribution in [2.75, 3.05) is 13.1 Å². The highest BCUT2D eigenvalue weighted by atomic mass is 15.3. The van der Waals surface area contributed by atoms with E-state index in [1.54, 1.807) is 0 Å². The number of unbranched alkanes of at least 4 members (excludes halogenated alkanes) is 25. The van der Waals surface area contributed by atoms with Crippen LogP contribution in [0, 0.1) is 5.92 Å². The van der Waals surface area contributed by atoms with Gasteiger partial charge in [0.05, 0.1) is 19.0 Å². The average Bonchev–Trinajstić information content (AvgIpc) is 3.57. The van der Waals surface area contributed by atoms with E-state index in [2.05, 4.69) is 49.2 Å². The van der Waals surface area contributed by atoms with Crippen LogP contribution in [0.1, 0.15) is 227 Å². The van der Waals surface area contributed by atoms with E-state index in [9.17, 15) is 0 Å². The lowest BCUT2D eigenvalue weighted by atomic mass is 9.96. The molecule has 0 aromatic heterocycles. The fourth-order valence-corrected chi connectivity index (χ4v) is 7.13. The molecule has 0 fully saturated rings. The average molecular weight is 618 g/mol. The summed E-state index contributed by atoms with van der Waals surface area (Å²) in [7, 11) is 0. The maximum atomic E-state index is 4.54. The molecule has 44 heavy (non-hydrogen) atoms. The molecule has 0 saturated carbocycles. The van der Waals surface area contributed by atoms with E-state index in [4.69, 9.17) is 0 Å². The molecule has 2 unspecified atom stereocenters. The first-order chi connectivity index (χ1) is 21.7. The molecule has 1 aliphatic rings. The minimum absolute atomic E-state index is 0.469. The van der Waals surface area contributed by atoms with Crippen LogP contribution in [0.4, 0.5) is 0 Å². The quantitative estimate of drug-likeness (QED) is 0.0716. The zero-order chi connectivity index (χ0) is 31.8. The molecule has 3 heteroatoms. The van der Waals surface area contributed by atoms with Crippen molar-refractivity contribution < 1.29 is 0 Å². The molecule has 0 amide bonds. The summed E-state index contributed by atoms with van der Waals surface area (Å²) in [6.07, 6.45) is 46.9. The van der Waals surface area contributed by atoms with Gasteiger partial charge in [0, 0.05) is 12.6 Å². The lowest BCUT2D eigenvalue weighted by molar-refractivity contribution is 0.229. The summed E-state index contributed by atoms with van der Waals surface area (Å²) < 4.78 is 0. The van der Waals surface area contributed by atoms with Gasteiger partial charge >= 0.3 is 0 Å². The van der Waals surface area contributed by atoms with Crippen molar-refractivity contribution in [3.8, 4) is 0 Å². The predicted molar refractivity (Wildman–Crippen MR) is 200 cm³/mol. The number of nitrogens with zero attached hydrogens (tertiary/aromatic N) is 2. The molecule has 1 N–H and O–H groups in total. The Hall–Kier alpha value is -0.570. The topological polar surface area (TPSA) is 27.6 Å². The lowest BCUT2D eigenvalue weighted by Gasteiger charge is -2.31. The normalized spacial score (nSPS) is 15.3. The molecule has 0 aromatic carbocycles. The van der Waals surface area contributed by atoms with Gasteiger partial charge in [-0.25, -0.2) is 0 Å². The minimum Gasteiger partial charge on any atom is -0.346 e. The molecule has 0 spiro atoms. The van der Waals surface area contributed by atoms with Gasteiger partial charge in [0.2, 0.25) is 0 Å². The Morgan fingerprint density at radius 2 is 0.886 bits per heavy atom. The summed E-state index contributed by atoms with van der Waals surface area (Å²) in [5.74, 6) is 0.840. The summed E-state index contributed by atoms with van der Waals surface area (Å²) in [5.41, 5.74) is 0. The van der Waals surface area contributed by atoms with Crippen molar-refractivity contribution in [1.82, 2.24) is 10.2 Å². The molecule has 3 nitrogen and oxygen atoms in total. The first kappa shape index (κ1) is 41.5. The molecular weight excluding hydrogens is 534 g/mol. The number of rotatable bonds is 35. The monoisotopic (exact) mass is 618 g/mol. The third kappa shape index (κ3) is 26.6. The van der Waals surface area contributed by atoms with Gasteiger partial charge < -0.3 is 4.90 Å². The summed E-state index contributed by atoms with van der Waals surface area (Å²) in [6.45, 7) is 11.6. The second kappa shape index (κ2) is 32.4. The number of nitrogens with one attached hydrogen (secondary N) is 1. The molecule has 1 aliphatic heterocycles. The molecule has 262 valence electrons. The summed E-state index contributed by atoms with van der Waals surface area (Å²) in [4.78, 5) is 7.03. The summed E-state index contributed by atoms with van der Waals surface area (Å²) >= 11 is 0. The largest absolute Gasteiger partial charge is 0.346 e. The number of hydrogen-bond acceptors (Lipinski definition) is 3. The second-order valence-corrected chi connectivity index (χ2v) is 14.9. The third-order valence-corrected chi connectivity index (χ3v) is 10.3. The maximum absolute atomic E-state index is 4.54. The van der Waals surface area contributed by atoms with Crippen molar-refractivity contribution in [2.24, 2.45) is 10.9 Å². The van der Waals surface area contributed by atoms with Crippen LogP contribution < -0.4 is 5.32 Å². The molecule has 0 radical (unpaired) electrons. The van der Waals surface area contributed by atoms with Gasteiger partial charge in [0.15, 0.2) is 0 Å². The van der Waals surface area contributed by atoms with Gasteiger partial charge in [-0.1, -0.05) is 201 Å². The highest BCUT2D eigenvalue weighted by Gasteiger charge is 2.20. The fourth-order valence-electron chi connectivity index (χ4n) is 7.13. The van der Waals surface area contributed by atoms with Gasteiger partial charge in [-0.15, -0.1) is 0 Å². The van der Waals surface area contributed by atoms with E-state index in [-0.39, 0.29) is 0 Å². The summed E-state index contributed by atoms with van der Waals surface area (Å²) in [6, 6.07) is 0.600. The first-order valence-electron chi connectivity index (χ1n) is 20.7. The molecule has 0 saturated heterocycles. The molecule has 1 heterocycles. The maximum Gasteiger partial charge on any atom is 0.0863 e. The van der Waals surface area contributed by atoms with E-state index >= 15 is 0 Å². The predicted octanol–water partition coefficient (Wildman–Crippen LogP) is 13.4. The van der Waals surface area contributed by atoms with Crippen LogP contribution in [0.15, 0.2) is 4.99 Å². The van der Waals surface area contributed by atoms with Crippen LogP contribution >= 0.6 is 0 Å². The SMILES string of the molecule is CCCCCCCCCCCCCCCCC(C)NC(CC[C@@H](C)CCCCCCCCCCCCCCC)N1C=NCC1. The van der Waals surface area contributed by atoms with E-state index in [0.717, 1.165) is 19.0 Å².